The second-order valence-electron chi connectivity index (χ2n) is 5.43. The van der Waals surface area contributed by atoms with Crippen molar-refractivity contribution in [1.29, 1.82) is 0 Å². The van der Waals surface area contributed by atoms with Crippen LogP contribution in [0.5, 0.6) is 0 Å². The molecule has 0 radical (unpaired) electrons. The zero-order valence-electron chi connectivity index (χ0n) is 12.6. The molecule has 3 rings (SSSR count). The quantitative estimate of drug-likeness (QED) is 0.757. The molecule has 114 valence electrons. The van der Waals surface area contributed by atoms with Crippen molar-refractivity contribution in [1.82, 2.24) is 19.7 Å². The summed E-state index contributed by atoms with van der Waals surface area (Å²) >= 11 is 3.54. The molecule has 5 nitrogen and oxygen atoms in total. The van der Waals surface area contributed by atoms with E-state index in [4.69, 9.17) is 0 Å². The monoisotopic (exact) mass is 359 g/mol. The minimum Gasteiger partial charge on any atom is -0.338 e. The Hall–Kier alpha value is -1.92. The number of hydrogen-bond donors (Lipinski definition) is 1. The number of rotatable bonds is 5. The molecule has 0 atom stereocenters. The maximum atomic E-state index is 4.65. The van der Waals surface area contributed by atoms with Crippen molar-refractivity contribution in [2.24, 2.45) is 0 Å². The van der Waals surface area contributed by atoms with Crippen LogP contribution in [0.15, 0.2) is 47.2 Å². The maximum Gasteiger partial charge on any atom is 0.131 e. The average Bonchev–Trinajstić information content (AvgIpc) is 2.94. The predicted octanol–water partition coefficient (Wildman–Crippen LogP) is 3.50. The fourth-order valence-corrected chi connectivity index (χ4v) is 2.65. The fraction of sp³-hybridized carbons (Fsp3) is 0.250. The van der Waals surface area contributed by atoms with Crippen LogP contribution < -0.4 is 5.32 Å². The van der Waals surface area contributed by atoms with Crippen molar-refractivity contribution in [3.8, 4) is 0 Å². The van der Waals surface area contributed by atoms with Crippen molar-refractivity contribution in [2.45, 2.75) is 6.54 Å². The molecule has 0 saturated carbocycles. The van der Waals surface area contributed by atoms with Gasteiger partial charge in [-0.1, -0.05) is 12.1 Å². The molecule has 3 aromatic rings. The largest absolute Gasteiger partial charge is 0.338 e. The number of halogens is 1. The molecule has 2 aromatic heterocycles. The first-order valence-corrected chi connectivity index (χ1v) is 7.90. The molecular formula is C16H18BrN5. The summed E-state index contributed by atoms with van der Waals surface area (Å²) < 4.78 is 2.93. The van der Waals surface area contributed by atoms with Crippen LogP contribution in [-0.4, -0.2) is 40.3 Å². The molecule has 0 spiro atoms. The zero-order chi connectivity index (χ0) is 15.5. The van der Waals surface area contributed by atoms with Crippen molar-refractivity contribution in [3.63, 3.8) is 0 Å². The number of nitrogens with one attached hydrogen (secondary N) is 1. The highest BCUT2D eigenvalue weighted by molar-refractivity contribution is 9.10. The van der Waals surface area contributed by atoms with Crippen molar-refractivity contribution in [3.05, 3.63) is 47.2 Å². The molecule has 2 heterocycles. The van der Waals surface area contributed by atoms with Gasteiger partial charge in [-0.2, -0.15) is 5.10 Å². The molecule has 0 aliphatic carbocycles. The van der Waals surface area contributed by atoms with Gasteiger partial charge in [-0.25, -0.2) is 4.98 Å². The highest BCUT2D eigenvalue weighted by Crippen LogP contribution is 2.24. The Labute approximate surface area is 138 Å². The Morgan fingerprint density at radius 2 is 2.09 bits per heavy atom. The van der Waals surface area contributed by atoms with Gasteiger partial charge in [0.25, 0.3) is 0 Å². The minimum atomic E-state index is 0.812. The molecule has 0 aliphatic heterocycles. The molecule has 1 aromatic carbocycles. The standard InChI is InChI=1S/C16H18BrN5/c1-21(2)8-9-22-11-13(10-18-22)19-15-7-6-12-4-3-5-14(17)16(12)20-15/h3-7,10-11H,8-9H2,1-2H3,(H,19,20). The Morgan fingerprint density at radius 3 is 2.91 bits per heavy atom. The summed E-state index contributed by atoms with van der Waals surface area (Å²) in [4.78, 5) is 6.79. The van der Waals surface area contributed by atoms with Crippen LogP contribution >= 0.6 is 15.9 Å². The summed E-state index contributed by atoms with van der Waals surface area (Å²) in [5.74, 6) is 0.812. The Kier molecular flexibility index (Phi) is 4.40. The molecular weight excluding hydrogens is 342 g/mol. The van der Waals surface area contributed by atoms with Gasteiger partial charge >= 0.3 is 0 Å². The number of para-hydroxylation sites is 1. The van der Waals surface area contributed by atoms with Crippen LogP contribution in [0.3, 0.4) is 0 Å². The van der Waals surface area contributed by atoms with Crippen LogP contribution in [0.4, 0.5) is 11.5 Å². The van der Waals surface area contributed by atoms with Gasteiger partial charge in [0.15, 0.2) is 0 Å². The van der Waals surface area contributed by atoms with E-state index in [2.05, 4.69) is 62.5 Å². The molecule has 6 heteroatoms. The highest BCUT2D eigenvalue weighted by Gasteiger charge is 2.04. The van der Waals surface area contributed by atoms with E-state index in [-0.39, 0.29) is 0 Å². The van der Waals surface area contributed by atoms with Crippen LogP contribution in [0.25, 0.3) is 10.9 Å². The van der Waals surface area contributed by atoms with Crippen molar-refractivity contribution in [2.75, 3.05) is 26.0 Å². The summed E-state index contributed by atoms with van der Waals surface area (Å²) in [6.45, 7) is 1.83. The van der Waals surface area contributed by atoms with Gasteiger partial charge in [-0.3, -0.25) is 4.68 Å². The molecule has 0 saturated heterocycles. The van der Waals surface area contributed by atoms with E-state index in [0.29, 0.717) is 0 Å². The van der Waals surface area contributed by atoms with Gasteiger partial charge in [0.2, 0.25) is 0 Å². The van der Waals surface area contributed by atoms with E-state index >= 15 is 0 Å². The van der Waals surface area contributed by atoms with Crippen molar-refractivity contribution >= 4 is 38.3 Å². The smallest absolute Gasteiger partial charge is 0.131 e. The molecule has 0 bridgehead atoms. The van der Waals surface area contributed by atoms with Gasteiger partial charge in [0.05, 0.1) is 23.9 Å². The van der Waals surface area contributed by atoms with E-state index < -0.39 is 0 Å². The second-order valence-corrected chi connectivity index (χ2v) is 6.28. The number of aromatic nitrogens is 3. The van der Waals surface area contributed by atoms with Gasteiger partial charge < -0.3 is 10.2 Å². The maximum absolute atomic E-state index is 4.65. The van der Waals surface area contributed by atoms with E-state index in [1.54, 1.807) is 0 Å². The lowest BCUT2D eigenvalue weighted by molar-refractivity contribution is 0.373. The molecule has 0 amide bonds. The van der Waals surface area contributed by atoms with E-state index in [9.17, 15) is 0 Å². The second kappa shape index (κ2) is 6.46. The van der Waals surface area contributed by atoms with E-state index in [1.165, 1.54) is 0 Å². The summed E-state index contributed by atoms with van der Waals surface area (Å²) in [5, 5.41) is 8.77. The Morgan fingerprint density at radius 1 is 1.23 bits per heavy atom. The number of pyridine rings is 1. The summed E-state index contributed by atoms with van der Waals surface area (Å²) in [6, 6.07) is 10.1. The molecule has 0 aliphatic rings. The topological polar surface area (TPSA) is 46.0 Å². The van der Waals surface area contributed by atoms with Gasteiger partial charge in [0, 0.05) is 22.6 Å². The third kappa shape index (κ3) is 3.45. The highest BCUT2D eigenvalue weighted by atomic mass is 79.9. The SMILES string of the molecule is CN(C)CCn1cc(Nc2ccc3cccc(Br)c3n2)cn1. The zero-order valence-corrected chi connectivity index (χ0v) is 14.2. The third-order valence-electron chi connectivity index (χ3n) is 3.35. The number of anilines is 2. The Balaban J connectivity index is 1.77. The fourth-order valence-electron chi connectivity index (χ4n) is 2.18. The van der Waals surface area contributed by atoms with Gasteiger partial charge in [-0.15, -0.1) is 0 Å². The van der Waals surface area contributed by atoms with Crippen molar-refractivity contribution < 1.29 is 0 Å². The van der Waals surface area contributed by atoms with Crippen LogP contribution in [0.1, 0.15) is 0 Å². The predicted molar refractivity (Wildman–Crippen MR) is 93.5 cm³/mol. The van der Waals surface area contributed by atoms with Crippen LogP contribution in [0, 0.1) is 0 Å². The molecule has 0 unspecified atom stereocenters. The van der Waals surface area contributed by atoms with Gasteiger partial charge in [0.1, 0.15) is 5.82 Å². The minimum absolute atomic E-state index is 0.812. The first-order chi connectivity index (χ1) is 10.6. The molecule has 1 N–H and O–H groups in total. The normalized spacial score (nSPS) is 11.3. The average molecular weight is 360 g/mol. The summed E-state index contributed by atoms with van der Waals surface area (Å²) in [7, 11) is 4.11. The number of fused-ring (bicyclic) bond motifs is 1. The van der Waals surface area contributed by atoms with Gasteiger partial charge in [-0.05, 0) is 48.2 Å². The van der Waals surface area contributed by atoms with E-state index in [1.807, 2.05) is 35.3 Å². The Bertz CT molecular complexity index is 781. The lowest BCUT2D eigenvalue weighted by Gasteiger charge is -2.08. The summed E-state index contributed by atoms with van der Waals surface area (Å²) in [6.07, 6.45) is 3.82. The first-order valence-electron chi connectivity index (χ1n) is 7.11. The molecule has 0 fully saturated rings. The molecule has 22 heavy (non-hydrogen) atoms. The summed E-state index contributed by atoms with van der Waals surface area (Å²) in [5.41, 5.74) is 1.89. The number of hydrogen-bond acceptors (Lipinski definition) is 4. The number of nitrogens with zero attached hydrogens (tertiary/aromatic N) is 4. The lowest BCUT2D eigenvalue weighted by Crippen LogP contribution is -2.18. The van der Waals surface area contributed by atoms with Crippen LogP contribution in [-0.2, 0) is 6.54 Å². The lowest BCUT2D eigenvalue weighted by atomic mass is 10.2. The van der Waals surface area contributed by atoms with Crippen LogP contribution in [0.2, 0.25) is 0 Å². The third-order valence-corrected chi connectivity index (χ3v) is 3.99. The number of benzene rings is 1. The van der Waals surface area contributed by atoms with E-state index in [0.717, 1.165) is 40.0 Å². The number of likely N-dealkylation sites (N-methyl/N-ethyl adjacent to an activating group) is 1. The first kappa shape index (κ1) is 15.0.